The number of rotatable bonds is 5. The molecule has 1 N–H and O–H groups in total. The van der Waals surface area contributed by atoms with Crippen molar-refractivity contribution >= 4 is 23.1 Å². The highest BCUT2D eigenvalue weighted by atomic mass is 32.2. The van der Waals surface area contributed by atoms with E-state index in [1.165, 1.54) is 53.4 Å². The molecule has 106 valence electrons. The Labute approximate surface area is 124 Å². The van der Waals surface area contributed by atoms with Crippen LogP contribution >= 0.6 is 23.1 Å². The monoisotopic (exact) mass is 296 g/mol. The maximum atomic E-state index is 4.99. The van der Waals surface area contributed by atoms with Crippen LogP contribution in [0.2, 0.25) is 0 Å². The van der Waals surface area contributed by atoms with Gasteiger partial charge in [-0.2, -0.15) is 11.8 Å². The summed E-state index contributed by atoms with van der Waals surface area (Å²) in [6.45, 7) is 5.58. The molecule has 2 fully saturated rings. The Morgan fingerprint density at radius 2 is 2.11 bits per heavy atom. The first-order valence-corrected chi connectivity index (χ1v) is 9.45. The molecule has 0 bridgehead atoms. The van der Waals surface area contributed by atoms with Crippen LogP contribution < -0.4 is 5.32 Å². The first kappa shape index (κ1) is 13.9. The first-order valence-electron chi connectivity index (χ1n) is 7.58. The average molecular weight is 297 g/mol. The topological polar surface area (TPSA) is 24.9 Å². The zero-order chi connectivity index (χ0) is 13.2. The van der Waals surface area contributed by atoms with E-state index in [-0.39, 0.29) is 0 Å². The van der Waals surface area contributed by atoms with E-state index >= 15 is 0 Å². The molecule has 2 heterocycles. The van der Waals surface area contributed by atoms with Crippen molar-refractivity contribution in [3.05, 3.63) is 15.6 Å². The summed E-state index contributed by atoms with van der Waals surface area (Å²) in [6.07, 6.45) is 6.82. The van der Waals surface area contributed by atoms with E-state index in [1.54, 1.807) is 0 Å². The fraction of sp³-hybridized carbons (Fsp3) is 0.800. The van der Waals surface area contributed by atoms with Gasteiger partial charge in [0.2, 0.25) is 0 Å². The molecule has 0 aromatic carbocycles. The molecule has 1 aromatic heterocycles. The number of nitrogens with one attached hydrogen (secondary N) is 1. The molecule has 0 spiro atoms. The van der Waals surface area contributed by atoms with Gasteiger partial charge in [0.15, 0.2) is 0 Å². The fourth-order valence-electron chi connectivity index (χ4n) is 2.56. The van der Waals surface area contributed by atoms with Crippen LogP contribution in [0.3, 0.4) is 0 Å². The van der Waals surface area contributed by atoms with Crippen molar-refractivity contribution in [1.82, 2.24) is 10.3 Å². The van der Waals surface area contributed by atoms with Crippen molar-refractivity contribution in [2.45, 2.75) is 69.7 Å². The van der Waals surface area contributed by atoms with Crippen LogP contribution in [0.4, 0.5) is 0 Å². The van der Waals surface area contributed by atoms with E-state index in [0.717, 1.165) is 12.6 Å². The van der Waals surface area contributed by atoms with Gasteiger partial charge in [0.05, 0.1) is 10.9 Å². The summed E-state index contributed by atoms with van der Waals surface area (Å²) < 4.78 is 0. The first-order chi connectivity index (χ1) is 9.24. The molecule has 1 aliphatic carbocycles. The summed E-state index contributed by atoms with van der Waals surface area (Å²) in [7, 11) is 0. The zero-order valence-electron chi connectivity index (χ0n) is 11.9. The number of hydrogen-bond acceptors (Lipinski definition) is 4. The lowest BCUT2D eigenvalue weighted by molar-refractivity contribution is 0.672. The molecule has 1 saturated carbocycles. The number of nitrogens with zero attached hydrogens (tertiary/aromatic N) is 1. The van der Waals surface area contributed by atoms with Gasteiger partial charge in [-0.05, 0) is 37.4 Å². The van der Waals surface area contributed by atoms with Crippen LogP contribution in [0.15, 0.2) is 0 Å². The van der Waals surface area contributed by atoms with E-state index in [0.29, 0.717) is 11.2 Å². The Morgan fingerprint density at radius 1 is 1.26 bits per heavy atom. The van der Waals surface area contributed by atoms with E-state index in [9.17, 15) is 0 Å². The molecule has 1 aliphatic heterocycles. The molecule has 0 amide bonds. The summed E-state index contributed by atoms with van der Waals surface area (Å²) in [6, 6.07) is 0.787. The second kappa shape index (κ2) is 6.15. The van der Waals surface area contributed by atoms with Crippen molar-refractivity contribution in [2.75, 3.05) is 5.75 Å². The largest absolute Gasteiger partial charge is 0.309 e. The van der Waals surface area contributed by atoms with E-state index in [4.69, 9.17) is 4.98 Å². The van der Waals surface area contributed by atoms with Gasteiger partial charge in [0.1, 0.15) is 5.01 Å². The van der Waals surface area contributed by atoms with Gasteiger partial charge < -0.3 is 5.32 Å². The highest BCUT2D eigenvalue weighted by Crippen LogP contribution is 2.41. The molecule has 2 nitrogen and oxygen atoms in total. The molecular formula is C15H24N2S2. The summed E-state index contributed by atoms with van der Waals surface area (Å²) in [5.41, 5.74) is 1.35. The fourth-order valence-corrected chi connectivity index (χ4v) is 5.28. The zero-order valence-corrected chi connectivity index (χ0v) is 13.6. The average Bonchev–Trinajstić information content (AvgIpc) is 3.15. The highest BCUT2D eigenvalue weighted by Gasteiger charge is 2.25. The van der Waals surface area contributed by atoms with Crippen LogP contribution in [0.25, 0.3) is 0 Å². The lowest BCUT2D eigenvalue weighted by atomic mass is 10.1. The molecule has 0 radical (unpaired) electrons. The summed E-state index contributed by atoms with van der Waals surface area (Å²) in [4.78, 5) is 6.48. The van der Waals surface area contributed by atoms with Crippen molar-refractivity contribution in [3.63, 3.8) is 0 Å². The number of thioether (sulfide) groups is 1. The SMILES string of the molecule is CC(C)c1nc(C2CCCCS2)sc1CNC1CC1. The molecule has 1 unspecified atom stereocenters. The van der Waals surface area contributed by atoms with Crippen LogP contribution in [-0.2, 0) is 6.54 Å². The second-order valence-electron chi connectivity index (χ2n) is 6.03. The van der Waals surface area contributed by atoms with Crippen molar-refractivity contribution in [2.24, 2.45) is 0 Å². The Bertz CT molecular complexity index is 418. The third kappa shape index (κ3) is 3.53. The van der Waals surface area contributed by atoms with Crippen LogP contribution in [0, 0.1) is 0 Å². The minimum absolute atomic E-state index is 0.551. The Hall–Kier alpha value is -0.0600. The maximum Gasteiger partial charge on any atom is 0.106 e. The van der Waals surface area contributed by atoms with Crippen molar-refractivity contribution in [3.8, 4) is 0 Å². The summed E-state index contributed by atoms with van der Waals surface area (Å²) >= 11 is 4.08. The molecule has 1 atom stereocenters. The highest BCUT2D eigenvalue weighted by molar-refractivity contribution is 7.99. The van der Waals surface area contributed by atoms with Crippen LogP contribution in [0.5, 0.6) is 0 Å². The van der Waals surface area contributed by atoms with E-state index < -0.39 is 0 Å². The minimum Gasteiger partial charge on any atom is -0.309 e. The summed E-state index contributed by atoms with van der Waals surface area (Å²) in [5, 5.41) is 5.71. The van der Waals surface area contributed by atoms with Crippen molar-refractivity contribution in [1.29, 1.82) is 0 Å². The van der Waals surface area contributed by atoms with E-state index in [1.807, 2.05) is 11.3 Å². The molecule has 3 rings (SSSR count). The Kier molecular flexibility index (Phi) is 4.50. The maximum absolute atomic E-state index is 4.99. The standard InChI is InChI=1S/C15H24N2S2/c1-10(2)14-13(9-16-11-6-7-11)19-15(17-14)12-5-3-4-8-18-12/h10-12,16H,3-9H2,1-2H3. The van der Waals surface area contributed by atoms with Gasteiger partial charge in [0.25, 0.3) is 0 Å². The van der Waals surface area contributed by atoms with Gasteiger partial charge in [-0.1, -0.05) is 20.3 Å². The lowest BCUT2D eigenvalue weighted by Gasteiger charge is -2.18. The smallest absolute Gasteiger partial charge is 0.106 e. The third-order valence-electron chi connectivity index (χ3n) is 3.87. The second-order valence-corrected chi connectivity index (χ2v) is 8.45. The summed E-state index contributed by atoms with van der Waals surface area (Å²) in [5.74, 6) is 1.87. The lowest BCUT2D eigenvalue weighted by Crippen LogP contribution is -2.15. The number of thiazole rings is 1. The van der Waals surface area contributed by atoms with Gasteiger partial charge in [-0.25, -0.2) is 4.98 Å². The molecular weight excluding hydrogens is 272 g/mol. The Morgan fingerprint density at radius 3 is 2.74 bits per heavy atom. The predicted octanol–water partition coefficient (Wildman–Crippen LogP) is 4.48. The van der Waals surface area contributed by atoms with Gasteiger partial charge in [-0.15, -0.1) is 11.3 Å². The number of hydrogen-bond donors (Lipinski definition) is 1. The van der Waals surface area contributed by atoms with Crippen molar-refractivity contribution < 1.29 is 0 Å². The molecule has 2 aliphatic rings. The molecule has 4 heteroatoms. The van der Waals surface area contributed by atoms with Crippen LogP contribution in [0.1, 0.15) is 72.7 Å². The Balaban J connectivity index is 1.74. The normalized spacial score (nSPS) is 24.1. The minimum atomic E-state index is 0.551. The van der Waals surface area contributed by atoms with E-state index in [2.05, 4.69) is 30.9 Å². The molecule has 1 saturated heterocycles. The molecule has 1 aromatic rings. The van der Waals surface area contributed by atoms with Gasteiger partial charge >= 0.3 is 0 Å². The molecule has 19 heavy (non-hydrogen) atoms. The third-order valence-corrected chi connectivity index (χ3v) is 6.59. The predicted molar refractivity (Wildman–Crippen MR) is 85.1 cm³/mol. The quantitative estimate of drug-likeness (QED) is 0.867. The van der Waals surface area contributed by atoms with Gasteiger partial charge in [0, 0.05) is 17.5 Å². The van der Waals surface area contributed by atoms with Gasteiger partial charge in [-0.3, -0.25) is 0 Å². The van der Waals surface area contributed by atoms with Crippen LogP contribution in [-0.4, -0.2) is 16.8 Å². The number of aromatic nitrogens is 1.